The number of halogens is 1. The third kappa shape index (κ3) is 5.41. The van der Waals surface area contributed by atoms with Crippen molar-refractivity contribution < 1.29 is 14.0 Å². The molecule has 0 radical (unpaired) electrons. The van der Waals surface area contributed by atoms with E-state index in [1.807, 2.05) is 30.0 Å². The number of amides is 2. The summed E-state index contributed by atoms with van der Waals surface area (Å²) in [7, 11) is 1.76. The SMILES string of the molecule is CNC(C)C(=O)N[C@H](C(=O)N1CCCC1c1nc2cccc(-c3ccc(F)cc3)c2s1)C1CCCCC1. The Morgan fingerprint density at radius 1 is 1.05 bits per heavy atom. The first-order chi connectivity index (χ1) is 18.0. The second-order valence-corrected chi connectivity index (χ2v) is 11.3. The summed E-state index contributed by atoms with van der Waals surface area (Å²) in [4.78, 5) is 33.8. The lowest BCUT2D eigenvalue weighted by Gasteiger charge is -2.35. The third-order valence-electron chi connectivity index (χ3n) is 7.92. The Labute approximate surface area is 221 Å². The summed E-state index contributed by atoms with van der Waals surface area (Å²) in [6, 6.07) is 11.6. The smallest absolute Gasteiger partial charge is 0.246 e. The predicted octanol–water partition coefficient (Wildman–Crippen LogP) is 5.44. The number of aromatic nitrogens is 1. The van der Waals surface area contributed by atoms with E-state index in [9.17, 15) is 14.0 Å². The molecular weight excluding hydrogens is 487 g/mol. The van der Waals surface area contributed by atoms with E-state index in [-0.39, 0.29) is 35.6 Å². The molecule has 2 aromatic carbocycles. The molecule has 2 heterocycles. The van der Waals surface area contributed by atoms with Crippen LogP contribution >= 0.6 is 11.3 Å². The van der Waals surface area contributed by atoms with Crippen molar-refractivity contribution in [2.24, 2.45) is 5.92 Å². The summed E-state index contributed by atoms with van der Waals surface area (Å²) in [6.07, 6.45) is 7.08. The van der Waals surface area contributed by atoms with E-state index < -0.39 is 6.04 Å². The quantitative estimate of drug-likeness (QED) is 0.433. The Bertz CT molecular complexity index is 1250. The van der Waals surface area contributed by atoms with Crippen molar-refractivity contribution in [2.75, 3.05) is 13.6 Å². The van der Waals surface area contributed by atoms with Crippen LogP contribution in [0.2, 0.25) is 0 Å². The average molecular weight is 523 g/mol. The zero-order valence-corrected chi connectivity index (χ0v) is 22.3. The molecule has 2 unspecified atom stereocenters. The average Bonchev–Trinajstić information content (AvgIpc) is 3.59. The second-order valence-electron chi connectivity index (χ2n) is 10.3. The number of likely N-dealkylation sites (tertiary alicyclic amines) is 1. The molecule has 6 nitrogen and oxygen atoms in total. The molecule has 1 aliphatic carbocycles. The first-order valence-electron chi connectivity index (χ1n) is 13.4. The van der Waals surface area contributed by atoms with Gasteiger partial charge in [-0.1, -0.05) is 43.5 Å². The Hall–Kier alpha value is -2.84. The van der Waals surface area contributed by atoms with Gasteiger partial charge in [0.15, 0.2) is 0 Å². The molecule has 2 amide bonds. The Morgan fingerprint density at radius 3 is 2.54 bits per heavy atom. The second kappa shape index (κ2) is 11.3. The number of rotatable bonds is 7. The van der Waals surface area contributed by atoms with Crippen molar-refractivity contribution in [1.82, 2.24) is 20.5 Å². The van der Waals surface area contributed by atoms with Gasteiger partial charge in [-0.3, -0.25) is 9.59 Å². The maximum Gasteiger partial charge on any atom is 0.246 e. The van der Waals surface area contributed by atoms with Gasteiger partial charge in [0.25, 0.3) is 0 Å². The van der Waals surface area contributed by atoms with Gasteiger partial charge in [0.1, 0.15) is 16.9 Å². The molecule has 3 atom stereocenters. The Kier molecular flexibility index (Phi) is 7.86. The summed E-state index contributed by atoms with van der Waals surface area (Å²) in [5.74, 6) is -0.212. The number of hydrogen-bond donors (Lipinski definition) is 2. The molecule has 2 fully saturated rings. The monoisotopic (exact) mass is 522 g/mol. The summed E-state index contributed by atoms with van der Waals surface area (Å²) in [6.45, 7) is 2.49. The first kappa shape index (κ1) is 25.8. The summed E-state index contributed by atoms with van der Waals surface area (Å²) in [5, 5.41) is 7.02. The highest BCUT2D eigenvalue weighted by atomic mass is 32.1. The molecule has 2 N–H and O–H groups in total. The van der Waals surface area contributed by atoms with Crippen LogP contribution in [0.15, 0.2) is 42.5 Å². The van der Waals surface area contributed by atoms with Gasteiger partial charge in [0.2, 0.25) is 11.8 Å². The molecule has 5 rings (SSSR count). The van der Waals surface area contributed by atoms with Crippen LogP contribution in [0.4, 0.5) is 4.39 Å². The van der Waals surface area contributed by atoms with Crippen LogP contribution in [0.5, 0.6) is 0 Å². The number of likely N-dealkylation sites (N-methyl/N-ethyl adjacent to an activating group) is 1. The molecule has 8 heteroatoms. The molecule has 2 aliphatic rings. The van der Waals surface area contributed by atoms with Crippen LogP contribution < -0.4 is 10.6 Å². The van der Waals surface area contributed by atoms with Crippen LogP contribution in [0.25, 0.3) is 21.3 Å². The van der Waals surface area contributed by atoms with Crippen molar-refractivity contribution in [3.8, 4) is 11.1 Å². The molecule has 1 aromatic heterocycles. The summed E-state index contributed by atoms with van der Waals surface area (Å²) < 4.78 is 14.6. The molecule has 0 bridgehead atoms. The van der Waals surface area contributed by atoms with Gasteiger partial charge in [-0.2, -0.15) is 0 Å². The van der Waals surface area contributed by atoms with Gasteiger partial charge in [0.05, 0.1) is 22.3 Å². The van der Waals surface area contributed by atoms with Crippen molar-refractivity contribution in [3.63, 3.8) is 0 Å². The van der Waals surface area contributed by atoms with Crippen LogP contribution in [0.3, 0.4) is 0 Å². The fourth-order valence-corrected chi connectivity index (χ4v) is 6.94. The number of fused-ring (bicyclic) bond motifs is 1. The first-order valence-corrected chi connectivity index (χ1v) is 14.2. The summed E-state index contributed by atoms with van der Waals surface area (Å²) in [5.41, 5.74) is 2.85. The van der Waals surface area contributed by atoms with Gasteiger partial charge >= 0.3 is 0 Å². The van der Waals surface area contributed by atoms with Crippen LogP contribution in [-0.4, -0.2) is 47.4 Å². The van der Waals surface area contributed by atoms with Crippen LogP contribution in [0.1, 0.15) is 62.9 Å². The molecule has 1 saturated carbocycles. The van der Waals surface area contributed by atoms with E-state index in [0.29, 0.717) is 6.54 Å². The van der Waals surface area contributed by atoms with E-state index in [1.54, 1.807) is 30.5 Å². The number of carbonyl (C=O) groups is 2. The fourth-order valence-electron chi connectivity index (χ4n) is 5.69. The number of benzene rings is 2. The van der Waals surface area contributed by atoms with Crippen molar-refractivity contribution in [1.29, 1.82) is 0 Å². The molecular formula is C29H35FN4O2S. The minimum Gasteiger partial charge on any atom is -0.343 e. The lowest BCUT2D eigenvalue weighted by Crippen LogP contribution is -2.55. The normalized spacial score (nSPS) is 20.2. The lowest BCUT2D eigenvalue weighted by atomic mass is 9.83. The highest BCUT2D eigenvalue weighted by Crippen LogP contribution is 2.41. The maximum atomic E-state index is 14.0. The molecule has 1 aliphatic heterocycles. The Balaban J connectivity index is 1.44. The van der Waals surface area contributed by atoms with E-state index in [2.05, 4.69) is 10.6 Å². The highest BCUT2D eigenvalue weighted by molar-refractivity contribution is 7.19. The zero-order chi connectivity index (χ0) is 25.9. The fraction of sp³-hybridized carbons (Fsp3) is 0.483. The van der Waals surface area contributed by atoms with E-state index in [1.165, 1.54) is 18.6 Å². The Morgan fingerprint density at radius 2 is 1.81 bits per heavy atom. The van der Waals surface area contributed by atoms with Crippen LogP contribution in [0, 0.1) is 11.7 Å². The van der Waals surface area contributed by atoms with Gasteiger partial charge in [-0.25, -0.2) is 9.37 Å². The molecule has 1 saturated heterocycles. The number of nitrogens with one attached hydrogen (secondary N) is 2. The van der Waals surface area contributed by atoms with E-state index in [4.69, 9.17) is 4.98 Å². The standard InChI is InChI=1S/C29H35FN4O2S/c1-18(31-2)27(35)33-25(20-8-4-3-5-9-20)29(36)34-17-7-12-24(34)28-32-23-11-6-10-22(26(23)37-28)19-13-15-21(30)16-14-19/h6,10-11,13-16,18,20,24-25,31H,3-5,7-9,12,17H2,1-2H3,(H,33,35)/t18?,24?,25-/m0/s1. The van der Waals surface area contributed by atoms with Gasteiger partial charge in [-0.05, 0) is 69.3 Å². The van der Waals surface area contributed by atoms with Gasteiger partial charge < -0.3 is 15.5 Å². The highest BCUT2D eigenvalue weighted by Gasteiger charge is 2.40. The minimum atomic E-state index is -0.506. The van der Waals surface area contributed by atoms with E-state index >= 15 is 0 Å². The van der Waals surface area contributed by atoms with Gasteiger partial charge in [0, 0.05) is 12.1 Å². The number of hydrogen-bond acceptors (Lipinski definition) is 5. The zero-order valence-electron chi connectivity index (χ0n) is 21.5. The molecule has 0 spiro atoms. The van der Waals surface area contributed by atoms with Crippen molar-refractivity contribution in [2.45, 2.75) is 70.0 Å². The molecule has 3 aromatic rings. The van der Waals surface area contributed by atoms with Crippen LogP contribution in [-0.2, 0) is 9.59 Å². The third-order valence-corrected chi connectivity index (χ3v) is 9.12. The number of carbonyl (C=O) groups excluding carboxylic acids is 2. The molecule has 37 heavy (non-hydrogen) atoms. The number of thiazole rings is 1. The van der Waals surface area contributed by atoms with Crippen molar-refractivity contribution in [3.05, 3.63) is 53.3 Å². The lowest BCUT2D eigenvalue weighted by molar-refractivity contribution is -0.139. The minimum absolute atomic E-state index is 0.0177. The maximum absolute atomic E-state index is 14.0. The predicted molar refractivity (Wildman–Crippen MR) is 146 cm³/mol. The van der Waals surface area contributed by atoms with E-state index in [0.717, 1.165) is 64.9 Å². The topological polar surface area (TPSA) is 74.3 Å². The summed E-state index contributed by atoms with van der Waals surface area (Å²) >= 11 is 1.61. The van der Waals surface area contributed by atoms with Gasteiger partial charge in [-0.15, -0.1) is 11.3 Å². The largest absolute Gasteiger partial charge is 0.343 e. The molecule has 196 valence electrons. The number of nitrogens with zero attached hydrogens (tertiary/aromatic N) is 2. The van der Waals surface area contributed by atoms with Crippen molar-refractivity contribution >= 4 is 33.4 Å².